The largest absolute Gasteiger partial charge is 0.378 e. The summed E-state index contributed by atoms with van der Waals surface area (Å²) >= 11 is 0. The van der Waals surface area contributed by atoms with Crippen molar-refractivity contribution in [1.82, 2.24) is 14.5 Å². The number of benzene rings is 1. The van der Waals surface area contributed by atoms with E-state index >= 15 is 0 Å². The van der Waals surface area contributed by atoms with Gasteiger partial charge in [-0.15, -0.1) is 0 Å². The van der Waals surface area contributed by atoms with E-state index in [9.17, 15) is 13.2 Å². The second kappa shape index (κ2) is 11.3. The Morgan fingerprint density at radius 1 is 1.27 bits per heavy atom. The molecule has 9 nitrogen and oxygen atoms in total. The van der Waals surface area contributed by atoms with E-state index in [0.29, 0.717) is 44.8 Å². The van der Waals surface area contributed by atoms with Gasteiger partial charge in [0.05, 0.1) is 25.0 Å². The van der Waals surface area contributed by atoms with E-state index < -0.39 is 15.9 Å². The number of primary amides is 1. The highest BCUT2D eigenvalue weighted by atomic mass is 32.2. The Balaban J connectivity index is 1.97. The van der Waals surface area contributed by atoms with E-state index in [1.54, 1.807) is 18.2 Å². The molecular weight excluding hydrogens is 406 g/mol. The molecule has 0 saturated carbocycles. The lowest BCUT2D eigenvalue weighted by molar-refractivity contribution is 0.0904. The van der Waals surface area contributed by atoms with Crippen LogP contribution >= 0.6 is 0 Å². The van der Waals surface area contributed by atoms with Crippen LogP contribution in [-0.4, -0.2) is 80.7 Å². The predicted octanol–water partition coefficient (Wildman–Crippen LogP) is 0.623. The van der Waals surface area contributed by atoms with E-state index in [4.69, 9.17) is 10.5 Å². The molecule has 0 aromatic heterocycles. The van der Waals surface area contributed by atoms with Gasteiger partial charge in [0.2, 0.25) is 15.9 Å². The normalized spacial score (nSPS) is 16.1. The van der Waals surface area contributed by atoms with Crippen molar-refractivity contribution in [3.05, 3.63) is 35.4 Å². The molecule has 0 aliphatic carbocycles. The molecule has 3 N–H and O–H groups in total. The van der Waals surface area contributed by atoms with Crippen LogP contribution in [0, 0.1) is 0 Å². The molecule has 0 unspecified atom stereocenters. The van der Waals surface area contributed by atoms with Crippen molar-refractivity contribution >= 4 is 21.9 Å². The minimum Gasteiger partial charge on any atom is -0.378 e. The van der Waals surface area contributed by atoms with Crippen LogP contribution in [0.2, 0.25) is 0 Å². The average Bonchev–Trinajstić information content (AvgIpc) is 2.71. The number of carbonyl (C=O) groups excluding carboxylic acids is 1. The van der Waals surface area contributed by atoms with E-state index in [0.717, 1.165) is 11.5 Å². The molecule has 0 atom stereocenters. The molecule has 1 aromatic carbocycles. The van der Waals surface area contributed by atoms with Crippen LogP contribution in [-0.2, 0) is 21.3 Å². The van der Waals surface area contributed by atoms with Crippen molar-refractivity contribution in [2.45, 2.75) is 33.4 Å². The van der Waals surface area contributed by atoms with Crippen LogP contribution in [0.3, 0.4) is 0 Å². The summed E-state index contributed by atoms with van der Waals surface area (Å²) in [4.78, 5) is 18.1. The van der Waals surface area contributed by atoms with Gasteiger partial charge in [0, 0.05) is 38.3 Å². The number of hydrogen-bond acceptors (Lipinski definition) is 5. The van der Waals surface area contributed by atoms with Crippen LogP contribution in [0.25, 0.3) is 0 Å². The Bertz CT molecular complexity index is 833. The third-order valence-electron chi connectivity index (χ3n) is 4.68. The third-order valence-corrected chi connectivity index (χ3v) is 6.52. The fraction of sp³-hybridized carbons (Fsp3) is 0.600. The number of sulfonamides is 1. The number of aliphatic imine (C=N–C) groups is 1. The van der Waals surface area contributed by atoms with Gasteiger partial charge < -0.3 is 20.7 Å². The summed E-state index contributed by atoms with van der Waals surface area (Å²) in [6, 6.07) is 7.08. The number of nitrogens with one attached hydrogen (secondary N) is 1. The van der Waals surface area contributed by atoms with Crippen LogP contribution < -0.4 is 11.1 Å². The molecule has 0 radical (unpaired) electrons. The first-order chi connectivity index (χ1) is 14.2. The summed E-state index contributed by atoms with van der Waals surface area (Å²) < 4.78 is 31.9. The first-order valence-electron chi connectivity index (χ1n) is 10.2. The first-order valence-corrected chi connectivity index (χ1v) is 11.8. The quantitative estimate of drug-likeness (QED) is 0.430. The molecule has 2 rings (SSSR count). The zero-order valence-corrected chi connectivity index (χ0v) is 18.8. The van der Waals surface area contributed by atoms with Crippen molar-refractivity contribution in [2.75, 3.05) is 45.1 Å². The summed E-state index contributed by atoms with van der Waals surface area (Å²) in [6.45, 7) is 8.98. The number of carbonyl (C=O) groups is 1. The predicted molar refractivity (Wildman–Crippen MR) is 118 cm³/mol. The Morgan fingerprint density at radius 3 is 2.57 bits per heavy atom. The summed E-state index contributed by atoms with van der Waals surface area (Å²) in [7, 11) is -3.33. The van der Waals surface area contributed by atoms with Gasteiger partial charge in [-0.25, -0.2) is 13.4 Å². The van der Waals surface area contributed by atoms with Gasteiger partial charge in [0.15, 0.2) is 5.96 Å². The fourth-order valence-electron chi connectivity index (χ4n) is 3.11. The monoisotopic (exact) mass is 439 g/mol. The number of nitrogens with zero attached hydrogens (tertiary/aromatic N) is 3. The van der Waals surface area contributed by atoms with Crippen LogP contribution in [0.15, 0.2) is 29.3 Å². The lowest BCUT2D eigenvalue weighted by atomic mass is 10.1. The maximum Gasteiger partial charge on any atom is 0.248 e. The molecule has 1 fully saturated rings. The molecule has 1 aromatic rings. The standard InChI is InChI=1S/C20H33N5O4S/c1-4-22-20(23-15-17-6-5-7-18(14-17)19(21)26)24-8-10-25(11-9-24)30(27,28)13-12-29-16(2)3/h5-7,14,16H,4,8-13,15H2,1-3H3,(H2,21,26)(H,22,23). The molecule has 1 saturated heterocycles. The zero-order chi connectivity index (χ0) is 22.1. The topological polar surface area (TPSA) is 117 Å². The highest BCUT2D eigenvalue weighted by Gasteiger charge is 2.28. The van der Waals surface area contributed by atoms with Crippen LogP contribution in [0.5, 0.6) is 0 Å². The Kier molecular flexibility index (Phi) is 9.07. The average molecular weight is 440 g/mol. The second-order valence-electron chi connectivity index (χ2n) is 7.36. The molecule has 10 heteroatoms. The van der Waals surface area contributed by atoms with E-state index in [-0.39, 0.29) is 18.5 Å². The number of rotatable bonds is 9. The van der Waals surface area contributed by atoms with Crippen LogP contribution in [0.1, 0.15) is 36.7 Å². The van der Waals surface area contributed by atoms with Crippen molar-refractivity contribution in [2.24, 2.45) is 10.7 Å². The fourth-order valence-corrected chi connectivity index (χ4v) is 4.40. The summed E-state index contributed by atoms with van der Waals surface area (Å²) in [5.74, 6) is 0.251. The Hall–Kier alpha value is -2.17. The van der Waals surface area contributed by atoms with E-state index in [1.807, 2.05) is 26.8 Å². The third kappa shape index (κ3) is 7.26. The van der Waals surface area contributed by atoms with Gasteiger partial charge in [-0.05, 0) is 38.5 Å². The van der Waals surface area contributed by atoms with E-state index in [1.165, 1.54) is 4.31 Å². The smallest absolute Gasteiger partial charge is 0.248 e. The zero-order valence-electron chi connectivity index (χ0n) is 18.0. The van der Waals surface area contributed by atoms with Crippen molar-refractivity contribution in [1.29, 1.82) is 0 Å². The molecule has 1 amide bonds. The minimum atomic E-state index is -3.33. The van der Waals surface area contributed by atoms with Crippen LogP contribution in [0.4, 0.5) is 0 Å². The molecule has 30 heavy (non-hydrogen) atoms. The number of piperazine rings is 1. The summed E-state index contributed by atoms with van der Waals surface area (Å²) in [5.41, 5.74) is 6.67. The van der Waals surface area contributed by atoms with Gasteiger partial charge in [-0.2, -0.15) is 4.31 Å². The molecule has 0 bridgehead atoms. The maximum absolute atomic E-state index is 12.5. The van der Waals surface area contributed by atoms with Crippen molar-refractivity contribution < 1.29 is 17.9 Å². The minimum absolute atomic E-state index is 0.00442. The Labute approximate surface area is 179 Å². The van der Waals surface area contributed by atoms with Crippen molar-refractivity contribution in [3.63, 3.8) is 0 Å². The van der Waals surface area contributed by atoms with Gasteiger partial charge in [-0.3, -0.25) is 4.79 Å². The lowest BCUT2D eigenvalue weighted by Crippen LogP contribution is -2.54. The van der Waals surface area contributed by atoms with Gasteiger partial charge in [-0.1, -0.05) is 12.1 Å². The molecule has 0 spiro atoms. The van der Waals surface area contributed by atoms with Crippen molar-refractivity contribution in [3.8, 4) is 0 Å². The number of guanidine groups is 1. The van der Waals surface area contributed by atoms with Gasteiger partial charge in [0.25, 0.3) is 0 Å². The lowest BCUT2D eigenvalue weighted by Gasteiger charge is -2.36. The first kappa shape index (κ1) is 24.1. The molecule has 1 aliphatic rings. The highest BCUT2D eigenvalue weighted by Crippen LogP contribution is 2.11. The molecule has 1 aliphatic heterocycles. The number of ether oxygens (including phenoxy) is 1. The molecule has 1 heterocycles. The maximum atomic E-state index is 12.5. The van der Waals surface area contributed by atoms with Gasteiger partial charge >= 0.3 is 0 Å². The Morgan fingerprint density at radius 2 is 1.97 bits per heavy atom. The van der Waals surface area contributed by atoms with E-state index in [2.05, 4.69) is 15.2 Å². The summed E-state index contributed by atoms with van der Waals surface area (Å²) in [6.07, 6.45) is 0.0135. The van der Waals surface area contributed by atoms with Gasteiger partial charge in [0.1, 0.15) is 0 Å². The number of nitrogens with two attached hydrogens (primary N) is 1. The molecular formula is C20H33N5O4S. The summed E-state index contributed by atoms with van der Waals surface area (Å²) in [5, 5.41) is 3.26. The SMILES string of the molecule is CCNC(=NCc1cccc(C(N)=O)c1)N1CCN(S(=O)(=O)CCOC(C)C)CC1. The number of hydrogen-bond donors (Lipinski definition) is 2. The second-order valence-corrected chi connectivity index (χ2v) is 9.44. The molecule has 168 valence electrons. The number of amides is 1. The highest BCUT2D eigenvalue weighted by molar-refractivity contribution is 7.89.